The topological polar surface area (TPSA) is 40.5 Å². The van der Waals surface area contributed by atoms with Crippen molar-refractivity contribution in [1.82, 2.24) is 0 Å². The first-order valence-corrected chi connectivity index (χ1v) is 5.92. The van der Waals surface area contributed by atoms with Crippen LogP contribution in [-0.4, -0.2) is 17.0 Å². The third-order valence-corrected chi connectivity index (χ3v) is 3.31. The zero-order valence-electron chi connectivity index (χ0n) is 9.78. The van der Waals surface area contributed by atoms with Crippen molar-refractivity contribution in [3.05, 3.63) is 65.7 Å². The second kappa shape index (κ2) is 4.27. The SMILES string of the molecule is O=C1c2ccccc2CC1N(O)c1ccccc1. The number of rotatable bonds is 2. The Bertz CT molecular complexity index is 580. The van der Waals surface area contributed by atoms with Gasteiger partial charge in [-0.05, 0) is 17.7 Å². The highest BCUT2D eigenvalue weighted by Crippen LogP contribution is 2.27. The summed E-state index contributed by atoms with van der Waals surface area (Å²) in [4.78, 5) is 12.2. The molecule has 3 heteroatoms. The van der Waals surface area contributed by atoms with Gasteiger partial charge in [0.1, 0.15) is 6.04 Å². The van der Waals surface area contributed by atoms with E-state index in [0.29, 0.717) is 12.1 Å². The minimum Gasteiger partial charge on any atom is -0.292 e. The summed E-state index contributed by atoms with van der Waals surface area (Å²) >= 11 is 0. The van der Waals surface area contributed by atoms with Gasteiger partial charge in [0.15, 0.2) is 5.78 Å². The van der Waals surface area contributed by atoms with Crippen LogP contribution in [0.25, 0.3) is 0 Å². The first kappa shape index (κ1) is 11.0. The van der Waals surface area contributed by atoms with Crippen molar-refractivity contribution in [3.8, 4) is 0 Å². The van der Waals surface area contributed by atoms with Gasteiger partial charge in [0.05, 0.1) is 5.69 Å². The van der Waals surface area contributed by atoms with Crippen LogP contribution in [0.3, 0.4) is 0 Å². The van der Waals surface area contributed by atoms with E-state index in [2.05, 4.69) is 0 Å². The van der Waals surface area contributed by atoms with Crippen LogP contribution >= 0.6 is 0 Å². The van der Waals surface area contributed by atoms with Crippen molar-refractivity contribution in [3.63, 3.8) is 0 Å². The zero-order valence-corrected chi connectivity index (χ0v) is 9.78. The molecule has 1 aliphatic rings. The molecule has 0 bridgehead atoms. The van der Waals surface area contributed by atoms with Gasteiger partial charge in [-0.25, -0.2) is 5.06 Å². The van der Waals surface area contributed by atoms with Gasteiger partial charge < -0.3 is 0 Å². The molecular formula is C15H13NO2. The van der Waals surface area contributed by atoms with Gasteiger partial charge in [0, 0.05) is 12.0 Å². The molecule has 0 fully saturated rings. The summed E-state index contributed by atoms with van der Waals surface area (Å²) in [6.45, 7) is 0. The Kier molecular flexibility index (Phi) is 2.61. The smallest absolute Gasteiger partial charge is 0.188 e. The lowest BCUT2D eigenvalue weighted by Crippen LogP contribution is -2.37. The normalized spacial score (nSPS) is 17.6. The fourth-order valence-corrected chi connectivity index (χ4v) is 2.38. The maximum atomic E-state index is 12.2. The summed E-state index contributed by atoms with van der Waals surface area (Å²) in [6, 6.07) is 16.1. The lowest BCUT2D eigenvalue weighted by molar-refractivity contribution is 0.0914. The molecule has 0 aromatic heterocycles. The summed E-state index contributed by atoms with van der Waals surface area (Å²) < 4.78 is 0. The second-order valence-corrected chi connectivity index (χ2v) is 4.42. The Morgan fingerprint density at radius 3 is 2.39 bits per heavy atom. The summed E-state index contributed by atoms with van der Waals surface area (Å²) in [6.07, 6.45) is 0.556. The highest BCUT2D eigenvalue weighted by Gasteiger charge is 2.34. The van der Waals surface area contributed by atoms with Gasteiger partial charge in [-0.1, -0.05) is 42.5 Å². The van der Waals surface area contributed by atoms with Gasteiger partial charge in [-0.3, -0.25) is 10.0 Å². The maximum Gasteiger partial charge on any atom is 0.188 e. The van der Waals surface area contributed by atoms with E-state index >= 15 is 0 Å². The standard InChI is InChI=1S/C15H13NO2/c17-15-13-9-5-4-6-11(13)10-14(15)16(18)12-7-2-1-3-8-12/h1-9,14,18H,10H2. The monoisotopic (exact) mass is 239 g/mol. The zero-order chi connectivity index (χ0) is 12.5. The molecule has 0 radical (unpaired) electrons. The van der Waals surface area contributed by atoms with Gasteiger partial charge >= 0.3 is 0 Å². The van der Waals surface area contributed by atoms with Crippen LogP contribution in [0.4, 0.5) is 5.69 Å². The number of hydrogen-bond donors (Lipinski definition) is 1. The van der Waals surface area contributed by atoms with Gasteiger partial charge in [0.2, 0.25) is 0 Å². The molecule has 0 saturated heterocycles. The van der Waals surface area contributed by atoms with Gasteiger partial charge in [-0.2, -0.15) is 0 Å². The lowest BCUT2D eigenvalue weighted by Gasteiger charge is -2.22. The van der Waals surface area contributed by atoms with Crippen molar-refractivity contribution < 1.29 is 10.0 Å². The number of fused-ring (bicyclic) bond motifs is 1. The number of hydrogen-bond acceptors (Lipinski definition) is 3. The minimum absolute atomic E-state index is 0.0167. The molecule has 90 valence electrons. The average molecular weight is 239 g/mol. The maximum absolute atomic E-state index is 12.2. The third kappa shape index (κ3) is 1.69. The Morgan fingerprint density at radius 1 is 1.00 bits per heavy atom. The van der Waals surface area contributed by atoms with Crippen molar-refractivity contribution in [2.24, 2.45) is 0 Å². The van der Waals surface area contributed by atoms with E-state index in [-0.39, 0.29) is 5.78 Å². The predicted octanol–water partition coefficient (Wildman–Crippen LogP) is 2.69. The largest absolute Gasteiger partial charge is 0.292 e. The second-order valence-electron chi connectivity index (χ2n) is 4.42. The fraction of sp³-hybridized carbons (Fsp3) is 0.133. The minimum atomic E-state index is -0.509. The van der Waals surface area contributed by atoms with Crippen LogP contribution in [0.15, 0.2) is 54.6 Å². The molecule has 0 spiro atoms. The van der Waals surface area contributed by atoms with Gasteiger partial charge in [-0.15, -0.1) is 0 Å². The fourth-order valence-electron chi connectivity index (χ4n) is 2.38. The predicted molar refractivity (Wildman–Crippen MR) is 69.0 cm³/mol. The van der Waals surface area contributed by atoms with Crippen molar-refractivity contribution in [2.75, 3.05) is 5.06 Å². The Hall–Kier alpha value is -2.13. The van der Waals surface area contributed by atoms with E-state index in [1.807, 2.05) is 42.5 Å². The van der Waals surface area contributed by atoms with Crippen LogP contribution in [0.1, 0.15) is 15.9 Å². The van der Waals surface area contributed by atoms with Crippen LogP contribution < -0.4 is 5.06 Å². The summed E-state index contributed by atoms with van der Waals surface area (Å²) in [5.74, 6) is -0.0167. The lowest BCUT2D eigenvalue weighted by atomic mass is 10.1. The summed E-state index contributed by atoms with van der Waals surface area (Å²) in [5.41, 5.74) is 2.36. The van der Waals surface area contributed by atoms with Gasteiger partial charge in [0.25, 0.3) is 0 Å². The molecule has 3 rings (SSSR count). The number of Topliss-reactive ketones (excluding diaryl/α,β-unsaturated/α-hetero) is 1. The van der Waals surface area contributed by atoms with E-state index in [1.54, 1.807) is 12.1 Å². The molecule has 0 saturated carbocycles. The van der Waals surface area contributed by atoms with E-state index in [4.69, 9.17) is 0 Å². The number of para-hydroxylation sites is 1. The van der Waals surface area contributed by atoms with Crippen molar-refractivity contribution in [1.29, 1.82) is 0 Å². The van der Waals surface area contributed by atoms with Crippen LogP contribution in [-0.2, 0) is 6.42 Å². The first-order chi connectivity index (χ1) is 8.77. The molecule has 2 aromatic carbocycles. The molecule has 3 nitrogen and oxygen atoms in total. The van der Waals surface area contributed by atoms with E-state index in [0.717, 1.165) is 16.2 Å². The van der Waals surface area contributed by atoms with Crippen molar-refractivity contribution >= 4 is 11.5 Å². The quantitative estimate of drug-likeness (QED) is 0.819. The van der Waals surface area contributed by atoms with Crippen LogP contribution in [0, 0.1) is 0 Å². The summed E-state index contributed by atoms with van der Waals surface area (Å²) in [5, 5.41) is 11.2. The van der Waals surface area contributed by atoms with Crippen LogP contribution in [0.5, 0.6) is 0 Å². The highest BCUT2D eigenvalue weighted by atomic mass is 16.5. The number of nitrogens with zero attached hydrogens (tertiary/aromatic N) is 1. The number of hydroxylamine groups is 1. The number of anilines is 1. The molecule has 1 atom stereocenters. The number of carbonyl (C=O) groups is 1. The Balaban J connectivity index is 1.91. The molecule has 0 amide bonds. The molecule has 0 aliphatic heterocycles. The Labute approximate surface area is 105 Å². The highest BCUT2D eigenvalue weighted by molar-refractivity contribution is 6.06. The molecule has 18 heavy (non-hydrogen) atoms. The van der Waals surface area contributed by atoms with Crippen molar-refractivity contribution in [2.45, 2.75) is 12.5 Å². The summed E-state index contributed by atoms with van der Waals surface area (Å²) in [7, 11) is 0. The first-order valence-electron chi connectivity index (χ1n) is 5.92. The molecule has 1 aliphatic carbocycles. The Morgan fingerprint density at radius 2 is 1.67 bits per heavy atom. The van der Waals surface area contributed by atoms with Crippen LogP contribution in [0.2, 0.25) is 0 Å². The molecule has 2 aromatic rings. The molecule has 0 heterocycles. The van der Waals surface area contributed by atoms with E-state index in [9.17, 15) is 10.0 Å². The third-order valence-electron chi connectivity index (χ3n) is 3.31. The molecule has 1 N–H and O–H groups in total. The molecular weight excluding hydrogens is 226 g/mol. The number of benzene rings is 2. The van der Waals surface area contributed by atoms with E-state index < -0.39 is 6.04 Å². The average Bonchev–Trinajstić information content (AvgIpc) is 2.77. The molecule has 1 unspecified atom stereocenters. The van der Waals surface area contributed by atoms with E-state index in [1.165, 1.54) is 0 Å². The number of carbonyl (C=O) groups excluding carboxylic acids is 1. The number of ketones is 1.